The van der Waals surface area contributed by atoms with Gasteiger partial charge in [0, 0.05) is 44.3 Å². The lowest BCUT2D eigenvalue weighted by molar-refractivity contribution is -0.274. The summed E-state index contributed by atoms with van der Waals surface area (Å²) in [5, 5.41) is 11.5. The van der Waals surface area contributed by atoms with Crippen molar-refractivity contribution in [2.75, 3.05) is 50.8 Å². The van der Waals surface area contributed by atoms with Crippen molar-refractivity contribution in [3.63, 3.8) is 0 Å². The summed E-state index contributed by atoms with van der Waals surface area (Å²) in [6.45, 7) is 0.246. The number of rotatable bonds is 7. The summed E-state index contributed by atoms with van der Waals surface area (Å²) in [4.78, 5) is 15.7. The van der Waals surface area contributed by atoms with Gasteiger partial charge in [-0.3, -0.25) is 9.69 Å². The first-order valence-corrected chi connectivity index (χ1v) is 10.3. The van der Waals surface area contributed by atoms with E-state index in [1.54, 1.807) is 0 Å². The molecule has 2 heterocycles. The number of carbonyl (C=O) groups excluding carboxylic acids is 1. The molecule has 1 spiro atoms. The number of amides is 1. The number of benzene rings is 1. The number of aliphatic hydroxyl groups is 1. The van der Waals surface area contributed by atoms with Gasteiger partial charge in [-0.05, 0) is 30.7 Å². The van der Waals surface area contributed by atoms with Crippen molar-refractivity contribution in [3.8, 4) is 5.75 Å². The molecule has 186 valence electrons. The van der Waals surface area contributed by atoms with Crippen molar-refractivity contribution in [3.05, 3.63) is 24.3 Å². The Labute approximate surface area is 186 Å². The average molecular weight is 485 g/mol. The van der Waals surface area contributed by atoms with Crippen molar-refractivity contribution in [1.29, 1.82) is 0 Å². The monoisotopic (exact) mass is 485 g/mol. The van der Waals surface area contributed by atoms with Gasteiger partial charge in [0.15, 0.2) is 0 Å². The molecule has 7 nitrogen and oxygen atoms in total. The molecule has 2 unspecified atom stereocenters. The Bertz CT molecular complexity index is 804. The standard InChI is InChI=1S/C20H25F6N3O4/c21-19(22,23)11-27-17(31)9-15(10-30)29-7-8-32-18(13-29)5-6-28(12-18)14-1-3-16(4-2-14)33-20(24,25)26/h1-4,15,30H,5-13H2,(H,27,31). The van der Waals surface area contributed by atoms with E-state index in [4.69, 9.17) is 4.74 Å². The molecule has 1 aromatic carbocycles. The maximum absolute atomic E-state index is 12.3. The van der Waals surface area contributed by atoms with Crippen LogP contribution < -0.4 is 15.0 Å². The quantitative estimate of drug-likeness (QED) is 0.578. The van der Waals surface area contributed by atoms with Crippen LogP contribution in [0.4, 0.5) is 32.0 Å². The van der Waals surface area contributed by atoms with Gasteiger partial charge < -0.3 is 24.8 Å². The lowest BCUT2D eigenvalue weighted by Crippen LogP contribution is -2.57. The Kier molecular flexibility index (Phi) is 7.64. The molecule has 13 heteroatoms. The van der Waals surface area contributed by atoms with E-state index in [2.05, 4.69) is 4.74 Å². The lowest BCUT2D eigenvalue weighted by Gasteiger charge is -2.43. The van der Waals surface area contributed by atoms with Gasteiger partial charge in [0.05, 0.1) is 18.8 Å². The highest BCUT2D eigenvalue weighted by atomic mass is 19.4. The second-order valence-electron chi connectivity index (χ2n) is 8.15. The van der Waals surface area contributed by atoms with Crippen LogP contribution in [-0.4, -0.2) is 86.0 Å². The van der Waals surface area contributed by atoms with Gasteiger partial charge in [0.2, 0.25) is 5.91 Å². The number of hydrogen-bond acceptors (Lipinski definition) is 6. The number of anilines is 1. The van der Waals surface area contributed by atoms with E-state index < -0.39 is 43.2 Å². The molecular weight excluding hydrogens is 460 g/mol. The van der Waals surface area contributed by atoms with Crippen molar-refractivity contribution >= 4 is 11.6 Å². The van der Waals surface area contributed by atoms with E-state index >= 15 is 0 Å². The van der Waals surface area contributed by atoms with Crippen LogP contribution in [0.1, 0.15) is 12.8 Å². The van der Waals surface area contributed by atoms with Gasteiger partial charge in [-0.1, -0.05) is 0 Å². The molecule has 0 saturated carbocycles. The molecule has 3 rings (SSSR count). The molecule has 0 bridgehead atoms. The van der Waals surface area contributed by atoms with Gasteiger partial charge >= 0.3 is 12.5 Å². The number of morpholine rings is 1. The predicted molar refractivity (Wildman–Crippen MR) is 105 cm³/mol. The van der Waals surface area contributed by atoms with Crippen molar-refractivity contribution in [2.45, 2.75) is 37.0 Å². The third kappa shape index (κ3) is 7.37. The Morgan fingerprint density at radius 3 is 2.45 bits per heavy atom. The first kappa shape index (κ1) is 25.4. The van der Waals surface area contributed by atoms with Gasteiger partial charge in [-0.15, -0.1) is 13.2 Å². The van der Waals surface area contributed by atoms with E-state index in [0.29, 0.717) is 44.9 Å². The molecule has 1 aromatic rings. The van der Waals surface area contributed by atoms with Crippen LogP contribution >= 0.6 is 0 Å². The smallest absolute Gasteiger partial charge is 0.406 e. The van der Waals surface area contributed by atoms with Crippen LogP contribution in [0, 0.1) is 0 Å². The maximum atomic E-state index is 12.3. The summed E-state index contributed by atoms with van der Waals surface area (Å²) in [5.41, 5.74) is 0.0577. The molecule has 2 aliphatic rings. The van der Waals surface area contributed by atoms with Gasteiger partial charge in [0.1, 0.15) is 12.3 Å². The molecule has 2 atom stereocenters. The Hall–Kier alpha value is -2.25. The topological polar surface area (TPSA) is 74.3 Å². The molecule has 0 aliphatic carbocycles. The number of aliphatic hydroxyl groups excluding tert-OH is 1. The van der Waals surface area contributed by atoms with Crippen molar-refractivity contribution in [1.82, 2.24) is 10.2 Å². The summed E-state index contributed by atoms with van der Waals surface area (Å²) in [5.74, 6) is -1.13. The van der Waals surface area contributed by atoms with Gasteiger partial charge in [-0.25, -0.2) is 0 Å². The largest absolute Gasteiger partial charge is 0.573 e. The van der Waals surface area contributed by atoms with E-state index in [0.717, 1.165) is 0 Å². The third-order valence-electron chi connectivity index (χ3n) is 5.66. The van der Waals surface area contributed by atoms with E-state index in [1.165, 1.54) is 24.3 Å². The molecule has 2 fully saturated rings. The first-order chi connectivity index (χ1) is 15.4. The van der Waals surface area contributed by atoms with Crippen molar-refractivity contribution < 1.29 is 45.7 Å². The fraction of sp³-hybridized carbons (Fsp3) is 0.650. The minimum atomic E-state index is -4.77. The summed E-state index contributed by atoms with van der Waals surface area (Å²) < 4.78 is 83.8. The number of ether oxygens (including phenoxy) is 2. The van der Waals surface area contributed by atoms with Crippen LogP contribution in [0.3, 0.4) is 0 Å². The minimum absolute atomic E-state index is 0.285. The SMILES string of the molecule is O=C(CC(CO)N1CCOC2(CCN(c3ccc(OC(F)(F)F)cc3)C2)C1)NCC(F)(F)F. The summed E-state index contributed by atoms with van der Waals surface area (Å²) in [7, 11) is 0. The Morgan fingerprint density at radius 2 is 1.85 bits per heavy atom. The highest BCUT2D eigenvalue weighted by Crippen LogP contribution is 2.34. The number of nitrogens with one attached hydrogen (secondary N) is 1. The number of alkyl halides is 6. The fourth-order valence-corrected chi connectivity index (χ4v) is 4.15. The molecule has 2 N–H and O–H groups in total. The molecule has 2 aliphatic heterocycles. The Morgan fingerprint density at radius 1 is 1.15 bits per heavy atom. The van der Waals surface area contributed by atoms with Crippen LogP contribution in [0.5, 0.6) is 5.75 Å². The third-order valence-corrected chi connectivity index (χ3v) is 5.66. The second-order valence-corrected chi connectivity index (χ2v) is 8.15. The average Bonchev–Trinajstić information content (AvgIpc) is 3.12. The number of nitrogens with zero attached hydrogens (tertiary/aromatic N) is 2. The normalized spacial score (nSPS) is 23.1. The van der Waals surface area contributed by atoms with Crippen molar-refractivity contribution in [2.24, 2.45) is 0 Å². The van der Waals surface area contributed by atoms with E-state index in [1.807, 2.05) is 15.1 Å². The molecule has 0 aromatic heterocycles. The highest BCUT2D eigenvalue weighted by molar-refractivity contribution is 5.76. The molecule has 0 radical (unpaired) electrons. The van der Waals surface area contributed by atoms with Crippen LogP contribution in [-0.2, 0) is 9.53 Å². The zero-order valence-corrected chi connectivity index (χ0v) is 17.6. The molecule has 33 heavy (non-hydrogen) atoms. The Balaban J connectivity index is 1.58. The minimum Gasteiger partial charge on any atom is -0.406 e. The lowest BCUT2D eigenvalue weighted by atomic mass is 9.98. The second kappa shape index (κ2) is 9.94. The number of carbonyl (C=O) groups is 1. The molecule has 1 amide bonds. The van der Waals surface area contributed by atoms with Gasteiger partial charge in [-0.2, -0.15) is 13.2 Å². The van der Waals surface area contributed by atoms with Crippen LogP contribution in [0.25, 0.3) is 0 Å². The first-order valence-electron chi connectivity index (χ1n) is 10.3. The summed E-state index contributed by atoms with van der Waals surface area (Å²) in [6.07, 6.45) is -8.97. The fourth-order valence-electron chi connectivity index (χ4n) is 4.15. The number of hydrogen-bond donors (Lipinski definition) is 2. The van der Waals surface area contributed by atoms with Gasteiger partial charge in [0.25, 0.3) is 0 Å². The molecular formula is C20H25F6N3O4. The number of halogens is 6. The van der Waals surface area contributed by atoms with E-state index in [-0.39, 0.29) is 12.2 Å². The van der Waals surface area contributed by atoms with E-state index in [9.17, 15) is 36.2 Å². The zero-order chi connectivity index (χ0) is 24.3. The zero-order valence-electron chi connectivity index (χ0n) is 17.6. The summed E-state index contributed by atoms with van der Waals surface area (Å²) >= 11 is 0. The maximum Gasteiger partial charge on any atom is 0.573 e. The van der Waals surface area contributed by atoms with Crippen LogP contribution in [0.15, 0.2) is 24.3 Å². The molecule has 2 saturated heterocycles. The van der Waals surface area contributed by atoms with Crippen LogP contribution in [0.2, 0.25) is 0 Å². The highest BCUT2D eigenvalue weighted by Gasteiger charge is 2.44. The summed E-state index contributed by atoms with van der Waals surface area (Å²) in [6, 6.07) is 4.82. The predicted octanol–water partition coefficient (Wildman–Crippen LogP) is 2.30.